The highest BCUT2D eigenvalue weighted by atomic mass is 16.5. The molecule has 0 aliphatic heterocycles. The van der Waals surface area contributed by atoms with E-state index in [2.05, 4.69) is 11.8 Å². The van der Waals surface area contributed by atoms with Crippen molar-refractivity contribution in [1.29, 1.82) is 0 Å². The summed E-state index contributed by atoms with van der Waals surface area (Å²) in [7, 11) is 0. The molecule has 0 aromatic rings. The number of esters is 4. The molecule has 0 fully saturated rings. The fourth-order valence-corrected chi connectivity index (χ4v) is 4.87. The van der Waals surface area contributed by atoms with Crippen LogP contribution in [0.1, 0.15) is 80.3 Å². The van der Waals surface area contributed by atoms with Gasteiger partial charge < -0.3 is 30.4 Å². The minimum absolute atomic E-state index is 0.00330. The average molecular weight is 597 g/mol. The lowest BCUT2D eigenvalue weighted by molar-refractivity contribution is 0.0513. The Balaban J connectivity index is 1.82. The number of carbonyl (C=O) groups excluding carboxylic acids is 4. The maximum absolute atomic E-state index is 12.8. The molecule has 0 bridgehead atoms. The summed E-state index contributed by atoms with van der Waals surface area (Å²) in [5, 5.41) is 0. The van der Waals surface area contributed by atoms with Crippen molar-refractivity contribution in [3.05, 3.63) is 81.9 Å². The van der Waals surface area contributed by atoms with E-state index in [9.17, 15) is 19.2 Å². The van der Waals surface area contributed by atoms with Gasteiger partial charge in [-0.25, -0.2) is 19.2 Å². The monoisotopic (exact) mass is 596 g/mol. The molecule has 0 spiro atoms. The van der Waals surface area contributed by atoms with Gasteiger partial charge in [0, 0.05) is 11.1 Å². The van der Waals surface area contributed by atoms with Crippen molar-refractivity contribution in [2.45, 2.75) is 27.7 Å². The third-order valence-electron chi connectivity index (χ3n) is 6.72. The van der Waals surface area contributed by atoms with E-state index in [1.165, 1.54) is 0 Å². The van der Waals surface area contributed by atoms with Crippen molar-refractivity contribution in [1.82, 2.24) is 0 Å². The van der Waals surface area contributed by atoms with E-state index in [1.807, 2.05) is 0 Å². The minimum Gasteiger partial charge on any atom is -0.462 e. The van der Waals surface area contributed by atoms with Crippen LogP contribution in [0.15, 0.2) is 48.5 Å². The van der Waals surface area contributed by atoms with Crippen molar-refractivity contribution >= 4 is 35.3 Å². The first-order valence-electron chi connectivity index (χ1n) is 14.1. The first-order chi connectivity index (χ1) is 21.2. The predicted molar refractivity (Wildman–Crippen MR) is 165 cm³/mol. The third kappa shape index (κ3) is 5.99. The largest absolute Gasteiger partial charge is 0.462 e. The number of hydrogen-bond donors (Lipinski definition) is 2. The molecule has 0 radical (unpaired) electrons. The molecule has 4 aliphatic carbocycles. The lowest BCUT2D eigenvalue weighted by Gasteiger charge is -2.03. The molecule has 10 nitrogen and oxygen atoms in total. The number of nitrogen functional groups attached to an aromatic ring is 2. The molecule has 0 saturated carbocycles. The summed E-state index contributed by atoms with van der Waals surface area (Å²) in [4.78, 5) is 51.0. The van der Waals surface area contributed by atoms with Gasteiger partial charge in [-0.2, -0.15) is 0 Å². The van der Waals surface area contributed by atoms with Crippen molar-refractivity contribution in [3.63, 3.8) is 0 Å². The molecule has 4 N–H and O–H groups in total. The minimum atomic E-state index is -0.648. The van der Waals surface area contributed by atoms with Gasteiger partial charge in [-0.15, -0.1) is 0 Å². The highest BCUT2D eigenvalue weighted by molar-refractivity contribution is 6.16. The third-order valence-corrected chi connectivity index (χ3v) is 6.72. The Morgan fingerprint density at radius 2 is 0.705 bits per heavy atom. The van der Waals surface area contributed by atoms with Gasteiger partial charge in [0.2, 0.25) is 0 Å². The fourth-order valence-electron chi connectivity index (χ4n) is 4.87. The molecule has 0 unspecified atom stereocenters. The zero-order valence-corrected chi connectivity index (χ0v) is 24.9. The summed E-state index contributed by atoms with van der Waals surface area (Å²) < 4.78 is 20.7. The zero-order chi connectivity index (χ0) is 32.0. The van der Waals surface area contributed by atoms with E-state index in [0.29, 0.717) is 33.4 Å². The Labute approximate surface area is 254 Å². The van der Waals surface area contributed by atoms with E-state index >= 15 is 0 Å². The van der Waals surface area contributed by atoms with Crippen LogP contribution in [0.3, 0.4) is 0 Å². The molecule has 0 amide bonds. The predicted octanol–water partition coefficient (Wildman–Crippen LogP) is 5.17. The van der Waals surface area contributed by atoms with Crippen LogP contribution in [0.5, 0.6) is 0 Å². The van der Waals surface area contributed by atoms with Crippen LogP contribution in [-0.2, 0) is 18.9 Å². The number of ether oxygens (including phenoxy) is 4. The van der Waals surface area contributed by atoms with E-state index in [4.69, 9.17) is 30.4 Å². The number of hydrogen-bond acceptors (Lipinski definition) is 10. The van der Waals surface area contributed by atoms with E-state index < -0.39 is 23.9 Å². The Bertz CT molecular complexity index is 1530. The number of rotatable bonds is 8. The maximum atomic E-state index is 12.8. The van der Waals surface area contributed by atoms with Gasteiger partial charge >= 0.3 is 23.9 Å². The van der Waals surface area contributed by atoms with Crippen LogP contribution in [0, 0.1) is 11.8 Å². The molecular formula is C34H32N2O8. The first kappa shape index (κ1) is 31.4. The normalized spacial score (nSPS) is 10.5. The quantitative estimate of drug-likeness (QED) is 0.158. The Hall–Kier alpha value is -5.56. The molecule has 10 heteroatoms. The molecule has 226 valence electrons. The van der Waals surface area contributed by atoms with E-state index in [1.54, 1.807) is 76.2 Å². The number of fused-ring (bicyclic) bond motifs is 2. The van der Waals surface area contributed by atoms with Gasteiger partial charge in [0.15, 0.2) is 0 Å². The van der Waals surface area contributed by atoms with Crippen molar-refractivity contribution < 1.29 is 38.1 Å². The van der Waals surface area contributed by atoms with Crippen LogP contribution in [0.25, 0.3) is 22.3 Å². The Kier molecular flexibility index (Phi) is 9.71. The second kappa shape index (κ2) is 13.6. The Morgan fingerprint density at radius 1 is 0.477 bits per heavy atom. The molecule has 0 saturated heterocycles. The molecule has 0 atom stereocenters. The van der Waals surface area contributed by atoms with E-state index in [-0.39, 0.29) is 60.1 Å². The second-order valence-electron chi connectivity index (χ2n) is 9.36. The molecule has 0 aromatic heterocycles. The molecular weight excluding hydrogens is 564 g/mol. The number of anilines is 2. The molecule has 4 aliphatic rings. The van der Waals surface area contributed by atoms with Gasteiger partial charge in [-0.05, 0) is 74.2 Å². The number of carbonyl (C=O) groups is 4. The SMILES string of the molecule is CCOC(=O)c1c2ccc(C#Cc3ccc4c(C(=O)OCC)c(N)c(C(=O)OCC)c-4cc3)ccc-2c(C(=O)OCC)c1N. The summed E-state index contributed by atoms with van der Waals surface area (Å²) in [6.45, 7) is 7.25. The van der Waals surface area contributed by atoms with Gasteiger partial charge in [-0.1, -0.05) is 36.1 Å². The lowest BCUT2D eigenvalue weighted by Crippen LogP contribution is -2.09. The molecule has 44 heavy (non-hydrogen) atoms. The van der Waals surface area contributed by atoms with Crippen LogP contribution < -0.4 is 11.5 Å². The fraction of sp³-hybridized carbons (Fsp3) is 0.235. The highest BCUT2D eigenvalue weighted by Crippen LogP contribution is 2.41. The zero-order valence-electron chi connectivity index (χ0n) is 24.9. The summed E-state index contributed by atoms with van der Waals surface area (Å²) in [5.41, 5.74) is 15.7. The summed E-state index contributed by atoms with van der Waals surface area (Å²) in [6, 6.07) is 13.4. The van der Waals surface area contributed by atoms with Crippen molar-refractivity contribution in [2.24, 2.45) is 0 Å². The first-order valence-corrected chi connectivity index (χ1v) is 14.1. The number of nitrogens with two attached hydrogens (primary N) is 2. The van der Waals surface area contributed by atoms with Crippen LogP contribution >= 0.6 is 0 Å². The summed E-state index contributed by atoms with van der Waals surface area (Å²) in [5.74, 6) is 3.56. The lowest BCUT2D eigenvalue weighted by atomic mass is 10.1. The van der Waals surface area contributed by atoms with Gasteiger partial charge in [0.1, 0.15) is 0 Å². The Morgan fingerprint density at radius 3 is 0.909 bits per heavy atom. The van der Waals surface area contributed by atoms with E-state index in [0.717, 1.165) is 0 Å². The van der Waals surface area contributed by atoms with Crippen LogP contribution in [-0.4, -0.2) is 50.3 Å². The molecule has 4 rings (SSSR count). The average Bonchev–Trinajstić information content (AvgIpc) is 3.20. The standard InChI is InChI=1S/C34H32N2O8/c1-5-41-31(37)25-21-15-11-19(12-16-22(21)26(29(25)35)32(38)42-6-2)9-10-20-13-17-23-24(18-14-20)28(34(40)44-8-4)30(36)27(23)33(39)43-7-3/h11-18H,5-8,35-36H2,1-4H3. The van der Waals surface area contributed by atoms with Crippen LogP contribution in [0.2, 0.25) is 0 Å². The van der Waals surface area contributed by atoms with Crippen molar-refractivity contribution in [2.75, 3.05) is 37.9 Å². The van der Waals surface area contributed by atoms with Gasteiger partial charge in [0.05, 0.1) is 60.1 Å². The maximum Gasteiger partial charge on any atom is 0.340 e. The van der Waals surface area contributed by atoms with Gasteiger partial charge in [0.25, 0.3) is 0 Å². The smallest absolute Gasteiger partial charge is 0.340 e. The van der Waals surface area contributed by atoms with Gasteiger partial charge in [-0.3, -0.25) is 0 Å². The highest BCUT2D eigenvalue weighted by Gasteiger charge is 2.32. The molecule has 0 aromatic carbocycles. The van der Waals surface area contributed by atoms with Crippen molar-refractivity contribution in [3.8, 4) is 34.1 Å². The second-order valence-corrected chi connectivity index (χ2v) is 9.36. The topological polar surface area (TPSA) is 157 Å². The molecule has 0 heterocycles. The van der Waals surface area contributed by atoms with Crippen LogP contribution in [0.4, 0.5) is 11.4 Å². The summed E-state index contributed by atoms with van der Waals surface area (Å²) >= 11 is 0. The summed E-state index contributed by atoms with van der Waals surface area (Å²) in [6.07, 6.45) is 0.